The van der Waals surface area contributed by atoms with E-state index < -0.39 is 11.6 Å². The van der Waals surface area contributed by atoms with Crippen molar-refractivity contribution in [2.24, 2.45) is 0 Å². The highest BCUT2D eigenvalue weighted by Crippen LogP contribution is 2.28. The highest BCUT2D eigenvalue weighted by Gasteiger charge is 2.27. The Morgan fingerprint density at radius 1 is 1.13 bits per heavy atom. The molecule has 1 amide bonds. The SMILES string of the molecule is CN(Cc1ncc(F)cc1F)C(=O)c1cnc(N2CCC(N3CCCCC3)CC2)s1. The zero-order valence-corrected chi connectivity index (χ0v) is 18.0. The molecule has 0 atom stereocenters. The molecule has 2 aliphatic heterocycles. The van der Waals surface area contributed by atoms with Gasteiger partial charge in [-0.1, -0.05) is 17.8 Å². The second-order valence-electron chi connectivity index (χ2n) is 8.07. The first kappa shape index (κ1) is 21.1. The van der Waals surface area contributed by atoms with Crippen LogP contribution in [0.15, 0.2) is 18.5 Å². The maximum atomic E-state index is 13.8. The fourth-order valence-corrected chi connectivity index (χ4v) is 5.22. The number of pyridine rings is 1. The molecule has 0 unspecified atom stereocenters. The summed E-state index contributed by atoms with van der Waals surface area (Å²) in [6, 6.07) is 1.44. The Labute approximate surface area is 179 Å². The van der Waals surface area contributed by atoms with Crippen LogP contribution >= 0.6 is 11.3 Å². The van der Waals surface area contributed by atoms with Crippen LogP contribution in [0.25, 0.3) is 0 Å². The van der Waals surface area contributed by atoms with Gasteiger partial charge in [0.25, 0.3) is 5.91 Å². The van der Waals surface area contributed by atoms with Gasteiger partial charge in [0.05, 0.1) is 24.6 Å². The molecule has 162 valence electrons. The van der Waals surface area contributed by atoms with E-state index in [9.17, 15) is 13.6 Å². The Balaban J connectivity index is 1.33. The van der Waals surface area contributed by atoms with Crippen LogP contribution < -0.4 is 4.90 Å². The third-order valence-corrected chi connectivity index (χ3v) is 7.01. The molecule has 0 aromatic carbocycles. The summed E-state index contributed by atoms with van der Waals surface area (Å²) in [5, 5.41) is 0.856. The molecule has 0 spiro atoms. The summed E-state index contributed by atoms with van der Waals surface area (Å²) in [7, 11) is 1.58. The lowest BCUT2D eigenvalue weighted by Gasteiger charge is -2.40. The number of carbonyl (C=O) groups excluding carboxylic acids is 1. The molecule has 2 aliphatic rings. The number of carbonyl (C=O) groups is 1. The molecule has 2 saturated heterocycles. The Hall–Kier alpha value is -2.13. The average molecular weight is 436 g/mol. The Morgan fingerprint density at radius 2 is 1.87 bits per heavy atom. The van der Waals surface area contributed by atoms with Crippen LogP contribution in [0.3, 0.4) is 0 Å². The van der Waals surface area contributed by atoms with Crippen molar-refractivity contribution in [3.63, 3.8) is 0 Å². The molecular weight excluding hydrogens is 408 g/mol. The van der Waals surface area contributed by atoms with Crippen molar-refractivity contribution in [1.82, 2.24) is 19.8 Å². The monoisotopic (exact) mass is 435 g/mol. The number of amides is 1. The first-order valence-corrected chi connectivity index (χ1v) is 11.3. The number of likely N-dealkylation sites (tertiary alicyclic amines) is 1. The first-order chi connectivity index (χ1) is 14.5. The van der Waals surface area contributed by atoms with Crippen molar-refractivity contribution in [3.8, 4) is 0 Å². The van der Waals surface area contributed by atoms with Crippen molar-refractivity contribution in [2.45, 2.75) is 44.7 Å². The van der Waals surface area contributed by atoms with Crippen LogP contribution in [-0.2, 0) is 6.54 Å². The quantitative estimate of drug-likeness (QED) is 0.719. The van der Waals surface area contributed by atoms with Crippen LogP contribution in [-0.4, -0.2) is 64.9 Å². The summed E-state index contributed by atoms with van der Waals surface area (Å²) in [6.07, 6.45) is 8.76. The zero-order chi connectivity index (χ0) is 21.1. The molecule has 9 heteroatoms. The van der Waals surface area contributed by atoms with Gasteiger partial charge in [-0.05, 0) is 38.8 Å². The van der Waals surface area contributed by atoms with E-state index in [1.165, 1.54) is 48.6 Å². The van der Waals surface area contributed by atoms with Gasteiger partial charge in [0.2, 0.25) is 0 Å². The molecular formula is C21H27F2N5OS. The summed E-state index contributed by atoms with van der Waals surface area (Å²) < 4.78 is 26.9. The predicted octanol–water partition coefficient (Wildman–Crippen LogP) is 3.54. The maximum absolute atomic E-state index is 13.8. The van der Waals surface area contributed by atoms with Gasteiger partial charge in [-0.2, -0.15) is 0 Å². The molecule has 4 rings (SSSR count). The second-order valence-corrected chi connectivity index (χ2v) is 9.07. The van der Waals surface area contributed by atoms with Gasteiger partial charge in [-0.3, -0.25) is 9.78 Å². The van der Waals surface area contributed by atoms with Crippen molar-refractivity contribution < 1.29 is 13.6 Å². The Morgan fingerprint density at radius 3 is 2.57 bits per heavy atom. The zero-order valence-electron chi connectivity index (χ0n) is 17.2. The van der Waals surface area contributed by atoms with Crippen molar-refractivity contribution >= 4 is 22.4 Å². The average Bonchev–Trinajstić information content (AvgIpc) is 3.26. The largest absolute Gasteiger partial charge is 0.348 e. The molecule has 0 radical (unpaired) electrons. The van der Waals surface area contributed by atoms with E-state index >= 15 is 0 Å². The fraction of sp³-hybridized carbons (Fsp3) is 0.571. The minimum atomic E-state index is -0.753. The lowest BCUT2D eigenvalue weighted by molar-refractivity contribution is 0.0786. The lowest BCUT2D eigenvalue weighted by Crippen LogP contribution is -2.46. The highest BCUT2D eigenvalue weighted by atomic mass is 32.1. The number of hydrogen-bond acceptors (Lipinski definition) is 6. The van der Waals surface area contributed by atoms with Gasteiger partial charge in [0.15, 0.2) is 5.13 Å². The summed E-state index contributed by atoms with van der Waals surface area (Å²) in [6.45, 7) is 4.30. The van der Waals surface area contributed by atoms with Crippen molar-refractivity contribution in [3.05, 3.63) is 40.7 Å². The number of nitrogens with zero attached hydrogens (tertiary/aromatic N) is 5. The maximum Gasteiger partial charge on any atom is 0.265 e. The van der Waals surface area contributed by atoms with Gasteiger partial charge in [-0.25, -0.2) is 13.8 Å². The summed E-state index contributed by atoms with van der Waals surface area (Å²) >= 11 is 1.37. The Kier molecular flexibility index (Phi) is 6.58. The van der Waals surface area contributed by atoms with Gasteiger partial charge < -0.3 is 14.7 Å². The number of hydrogen-bond donors (Lipinski definition) is 0. The molecule has 4 heterocycles. The summed E-state index contributed by atoms with van der Waals surface area (Å²) in [4.78, 5) is 27.7. The van der Waals surface area contributed by atoms with E-state index in [4.69, 9.17) is 0 Å². The smallest absolute Gasteiger partial charge is 0.265 e. The minimum Gasteiger partial charge on any atom is -0.348 e. The molecule has 0 N–H and O–H groups in total. The van der Waals surface area contributed by atoms with E-state index in [-0.39, 0.29) is 18.1 Å². The van der Waals surface area contributed by atoms with Gasteiger partial charge in [0, 0.05) is 32.2 Å². The molecule has 2 aromatic heterocycles. The lowest BCUT2D eigenvalue weighted by atomic mass is 10.0. The molecule has 30 heavy (non-hydrogen) atoms. The molecule has 0 saturated carbocycles. The second kappa shape index (κ2) is 9.34. The van der Waals surface area contributed by atoms with Crippen LogP contribution in [0.1, 0.15) is 47.5 Å². The third-order valence-electron chi connectivity index (χ3n) is 5.96. The molecule has 0 aliphatic carbocycles. The number of aromatic nitrogens is 2. The van der Waals surface area contributed by atoms with E-state index in [1.54, 1.807) is 13.2 Å². The third kappa shape index (κ3) is 4.78. The number of piperidine rings is 2. The standard InChI is InChI=1S/C21H27F2N5OS/c1-26(14-18-17(23)11-15(22)12-24-18)20(29)19-13-25-21(30-19)28-9-5-16(6-10-28)27-7-3-2-4-8-27/h11-13,16H,2-10,14H2,1H3. The first-order valence-electron chi connectivity index (χ1n) is 10.5. The van der Waals surface area contributed by atoms with Crippen LogP contribution in [0, 0.1) is 11.6 Å². The van der Waals surface area contributed by atoms with Crippen LogP contribution in [0.5, 0.6) is 0 Å². The fourth-order valence-electron chi connectivity index (χ4n) is 4.26. The number of thiazole rings is 1. The Bertz CT molecular complexity index is 878. The van der Waals surface area contributed by atoms with Crippen LogP contribution in [0.4, 0.5) is 13.9 Å². The number of rotatable bonds is 5. The molecule has 2 fully saturated rings. The topological polar surface area (TPSA) is 52.6 Å². The summed E-state index contributed by atoms with van der Waals surface area (Å²) in [5.41, 5.74) is 0.0387. The normalized spacial score (nSPS) is 18.6. The highest BCUT2D eigenvalue weighted by molar-refractivity contribution is 7.17. The molecule has 2 aromatic rings. The van der Waals surface area contributed by atoms with Crippen molar-refractivity contribution in [2.75, 3.05) is 38.1 Å². The van der Waals surface area contributed by atoms with Gasteiger partial charge >= 0.3 is 0 Å². The number of anilines is 1. The van der Waals surface area contributed by atoms with Crippen LogP contribution in [0.2, 0.25) is 0 Å². The number of halogens is 2. The van der Waals surface area contributed by atoms with E-state index in [0.717, 1.165) is 43.3 Å². The molecule has 0 bridgehead atoms. The van der Waals surface area contributed by atoms with E-state index in [2.05, 4.69) is 19.8 Å². The van der Waals surface area contributed by atoms with Gasteiger partial charge in [0.1, 0.15) is 16.5 Å². The molecule has 6 nitrogen and oxygen atoms in total. The van der Waals surface area contributed by atoms with E-state index in [1.807, 2.05) is 0 Å². The van der Waals surface area contributed by atoms with Gasteiger partial charge in [-0.15, -0.1) is 0 Å². The van der Waals surface area contributed by atoms with E-state index in [0.29, 0.717) is 10.9 Å². The van der Waals surface area contributed by atoms with Crippen molar-refractivity contribution in [1.29, 1.82) is 0 Å². The minimum absolute atomic E-state index is 0.0284. The summed E-state index contributed by atoms with van der Waals surface area (Å²) in [5.74, 6) is -1.73. The predicted molar refractivity (Wildman–Crippen MR) is 113 cm³/mol.